The van der Waals surface area contributed by atoms with Crippen LogP contribution in [-0.4, -0.2) is 56.9 Å². The second kappa shape index (κ2) is 10.7. The van der Waals surface area contributed by atoms with Gasteiger partial charge in [0.2, 0.25) is 5.95 Å². The predicted octanol–water partition coefficient (Wildman–Crippen LogP) is 5.48. The minimum Gasteiger partial charge on any atom is -0.497 e. The van der Waals surface area contributed by atoms with E-state index in [9.17, 15) is 8.42 Å². The maximum Gasteiger partial charge on any atom is 0.227 e. The van der Waals surface area contributed by atoms with Gasteiger partial charge in [0.1, 0.15) is 11.6 Å². The summed E-state index contributed by atoms with van der Waals surface area (Å²) in [6.07, 6.45) is 1.23. The van der Waals surface area contributed by atoms with E-state index in [1.807, 2.05) is 12.1 Å². The number of anilines is 4. The minimum absolute atomic E-state index is 0.00243. The summed E-state index contributed by atoms with van der Waals surface area (Å²) in [5.74, 6) is 1.80. The first-order valence-corrected chi connectivity index (χ1v) is 15.3. The largest absolute Gasteiger partial charge is 0.497 e. The highest BCUT2D eigenvalue weighted by Gasteiger charge is 2.35. The number of hydrogen-bond acceptors (Lipinski definition) is 8. The lowest BCUT2D eigenvalue weighted by atomic mass is 9.86. The zero-order chi connectivity index (χ0) is 28.6. The molecule has 1 aliphatic heterocycles. The Bertz CT molecular complexity index is 1430. The van der Waals surface area contributed by atoms with Crippen molar-refractivity contribution in [1.82, 2.24) is 9.97 Å². The van der Waals surface area contributed by atoms with Crippen LogP contribution in [0, 0.1) is 6.92 Å². The van der Waals surface area contributed by atoms with Gasteiger partial charge in [0.15, 0.2) is 9.84 Å². The van der Waals surface area contributed by atoms with Crippen LogP contribution >= 0.6 is 0 Å². The molecule has 1 saturated heterocycles. The number of piperazine rings is 1. The van der Waals surface area contributed by atoms with E-state index < -0.39 is 9.84 Å². The third-order valence-electron chi connectivity index (χ3n) is 7.11. The Kier molecular flexibility index (Phi) is 7.85. The molecule has 0 unspecified atom stereocenters. The van der Waals surface area contributed by atoms with Crippen molar-refractivity contribution in [3.63, 3.8) is 0 Å². The normalized spacial score (nSPS) is 15.8. The molecule has 0 saturated carbocycles. The zero-order valence-corrected chi connectivity index (χ0v) is 25.2. The summed E-state index contributed by atoms with van der Waals surface area (Å²) < 4.78 is 29.7. The number of nitrogens with zero attached hydrogens (tertiary/aromatic N) is 4. The molecule has 0 radical (unpaired) electrons. The molecule has 8 nitrogen and oxygen atoms in total. The van der Waals surface area contributed by atoms with Gasteiger partial charge in [-0.25, -0.2) is 13.4 Å². The third-order valence-corrected chi connectivity index (χ3v) is 7.93. The van der Waals surface area contributed by atoms with Gasteiger partial charge in [-0.05, 0) is 67.6 Å². The maximum absolute atomic E-state index is 12.2. The van der Waals surface area contributed by atoms with Crippen LogP contribution in [0.3, 0.4) is 0 Å². The first-order chi connectivity index (χ1) is 18.1. The Labute approximate surface area is 233 Å². The number of aromatic nitrogens is 2. The summed E-state index contributed by atoms with van der Waals surface area (Å²) >= 11 is 0. The van der Waals surface area contributed by atoms with Crippen LogP contribution in [0.25, 0.3) is 0 Å². The second-order valence-corrected chi connectivity index (χ2v) is 14.2. The molecule has 1 fully saturated rings. The molecule has 39 heavy (non-hydrogen) atoms. The van der Waals surface area contributed by atoms with Gasteiger partial charge in [-0.15, -0.1) is 0 Å². The van der Waals surface area contributed by atoms with Crippen molar-refractivity contribution in [2.24, 2.45) is 0 Å². The van der Waals surface area contributed by atoms with E-state index in [-0.39, 0.29) is 16.7 Å². The number of ether oxygens (including phenoxy) is 1. The van der Waals surface area contributed by atoms with Crippen LogP contribution in [0.15, 0.2) is 48.5 Å². The van der Waals surface area contributed by atoms with Crippen LogP contribution < -0.4 is 19.9 Å². The van der Waals surface area contributed by atoms with Crippen LogP contribution in [0.4, 0.5) is 23.1 Å². The van der Waals surface area contributed by atoms with E-state index >= 15 is 0 Å². The Morgan fingerprint density at radius 3 is 2.31 bits per heavy atom. The Morgan fingerprint density at radius 2 is 1.72 bits per heavy atom. The summed E-state index contributed by atoms with van der Waals surface area (Å²) in [5.41, 5.74) is 4.63. The molecule has 2 heterocycles. The van der Waals surface area contributed by atoms with E-state index in [0.29, 0.717) is 30.5 Å². The van der Waals surface area contributed by atoms with E-state index in [2.05, 4.69) is 87.0 Å². The zero-order valence-electron chi connectivity index (χ0n) is 24.4. The van der Waals surface area contributed by atoms with Crippen molar-refractivity contribution in [1.29, 1.82) is 0 Å². The summed E-state index contributed by atoms with van der Waals surface area (Å²) in [7, 11) is -1.61. The summed E-state index contributed by atoms with van der Waals surface area (Å²) in [6, 6.07) is 16.2. The van der Waals surface area contributed by atoms with Gasteiger partial charge in [-0.3, -0.25) is 0 Å². The van der Waals surface area contributed by atoms with Gasteiger partial charge < -0.3 is 19.9 Å². The van der Waals surface area contributed by atoms with E-state index in [1.54, 1.807) is 13.2 Å². The fraction of sp³-hybridized carbons (Fsp3) is 0.467. The van der Waals surface area contributed by atoms with Gasteiger partial charge in [0.05, 0.1) is 24.1 Å². The quantitative estimate of drug-likeness (QED) is 0.413. The van der Waals surface area contributed by atoms with Crippen LogP contribution in [0.2, 0.25) is 0 Å². The van der Waals surface area contributed by atoms with Gasteiger partial charge >= 0.3 is 0 Å². The smallest absolute Gasteiger partial charge is 0.227 e. The lowest BCUT2D eigenvalue weighted by molar-refractivity contribution is 0.408. The predicted molar refractivity (Wildman–Crippen MR) is 160 cm³/mol. The molecular weight excluding hydrogens is 510 g/mol. The maximum atomic E-state index is 12.2. The summed E-state index contributed by atoms with van der Waals surface area (Å²) in [4.78, 5) is 14.1. The number of sulfone groups is 1. The molecule has 0 amide bonds. The van der Waals surface area contributed by atoms with Crippen molar-refractivity contribution in [3.8, 4) is 5.75 Å². The molecule has 0 atom stereocenters. The molecule has 0 spiro atoms. The average molecular weight is 552 g/mol. The fourth-order valence-corrected chi connectivity index (χ4v) is 5.64. The molecular formula is C30H41N5O3S. The van der Waals surface area contributed by atoms with Gasteiger partial charge in [0.25, 0.3) is 0 Å². The van der Waals surface area contributed by atoms with Crippen molar-refractivity contribution in [3.05, 3.63) is 65.4 Å². The first-order valence-electron chi connectivity index (χ1n) is 13.3. The van der Waals surface area contributed by atoms with Gasteiger partial charge in [-0.1, -0.05) is 32.9 Å². The molecule has 9 heteroatoms. The number of methoxy groups -OCH3 is 1. The summed E-state index contributed by atoms with van der Waals surface area (Å²) in [6.45, 7) is 15.2. The van der Waals surface area contributed by atoms with E-state index in [1.165, 1.54) is 11.8 Å². The Morgan fingerprint density at radius 1 is 1.03 bits per heavy atom. The monoisotopic (exact) mass is 551 g/mol. The molecule has 2 aromatic carbocycles. The van der Waals surface area contributed by atoms with Crippen molar-refractivity contribution in [2.75, 3.05) is 48.1 Å². The van der Waals surface area contributed by atoms with E-state index in [4.69, 9.17) is 14.7 Å². The number of hydrogen-bond donors (Lipinski definition) is 1. The molecule has 4 rings (SSSR count). The number of benzene rings is 2. The molecule has 1 aliphatic rings. The molecule has 0 aliphatic carbocycles. The number of aryl methyl sites for hydroxylation is 1. The topological polar surface area (TPSA) is 87.7 Å². The Hall–Kier alpha value is -3.33. The van der Waals surface area contributed by atoms with Crippen molar-refractivity contribution < 1.29 is 13.2 Å². The SMILES string of the molecule is COc1ccc(N2CCN(c3nc(CS(C)(=O)=O)cc(Nc4cc(C(C)(C)C)ccc4C)n3)CC2(C)C)cc1. The minimum atomic E-state index is -3.28. The lowest BCUT2D eigenvalue weighted by Crippen LogP contribution is -2.60. The highest BCUT2D eigenvalue weighted by Crippen LogP contribution is 2.32. The van der Waals surface area contributed by atoms with E-state index in [0.717, 1.165) is 29.2 Å². The summed E-state index contributed by atoms with van der Waals surface area (Å²) in [5, 5.41) is 3.46. The number of rotatable bonds is 7. The van der Waals surface area contributed by atoms with Gasteiger partial charge in [-0.2, -0.15) is 4.98 Å². The van der Waals surface area contributed by atoms with Crippen LogP contribution in [0.1, 0.15) is 51.4 Å². The van der Waals surface area contributed by atoms with Crippen LogP contribution in [0.5, 0.6) is 5.75 Å². The standard InChI is InChI=1S/C30H41N5O3S/c1-21-9-10-22(29(2,3)4)17-26(21)32-27-18-23(19-39(8,36)37)31-28(33-27)34-15-16-35(30(5,6)20-34)24-11-13-25(38-7)14-12-24/h9-14,17-18H,15-16,19-20H2,1-8H3,(H,31,32,33). The van der Waals surface area contributed by atoms with Crippen molar-refractivity contribution in [2.45, 2.75) is 58.2 Å². The molecule has 1 aromatic heterocycles. The number of nitrogens with one attached hydrogen (secondary N) is 1. The fourth-order valence-electron chi connectivity index (χ4n) is 4.96. The Balaban J connectivity index is 1.65. The molecule has 0 bridgehead atoms. The first kappa shape index (κ1) is 28.7. The molecule has 210 valence electrons. The second-order valence-electron chi connectivity index (χ2n) is 12.1. The molecule has 1 N–H and O–H groups in total. The highest BCUT2D eigenvalue weighted by molar-refractivity contribution is 7.89. The van der Waals surface area contributed by atoms with Crippen molar-refractivity contribution >= 4 is 33.0 Å². The average Bonchev–Trinajstić information content (AvgIpc) is 2.83. The van der Waals surface area contributed by atoms with Crippen LogP contribution in [-0.2, 0) is 21.0 Å². The third kappa shape index (κ3) is 7.01. The van der Waals surface area contributed by atoms with Gasteiger partial charge in [0, 0.05) is 43.3 Å². The highest BCUT2D eigenvalue weighted by atomic mass is 32.2. The molecule has 3 aromatic rings. The lowest BCUT2D eigenvalue weighted by Gasteiger charge is -2.48.